The first-order valence-corrected chi connectivity index (χ1v) is 6.79. The summed E-state index contributed by atoms with van der Waals surface area (Å²) < 4.78 is 0. The molecule has 1 N–H and O–H groups in total. The lowest BCUT2D eigenvalue weighted by Gasteiger charge is -2.32. The first-order chi connectivity index (χ1) is 8.27. The number of likely N-dealkylation sites (N-methyl/N-ethyl adjacent to an activating group) is 1. The molecule has 3 heteroatoms. The van der Waals surface area contributed by atoms with Gasteiger partial charge in [0, 0.05) is 24.2 Å². The molecule has 2 nitrogen and oxygen atoms in total. The molecule has 1 unspecified atom stereocenters. The van der Waals surface area contributed by atoms with Gasteiger partial charge in [-0.2, -0.15) is 0 Å². The fraction of sp³-hybridized carbons (Fsp3) is 0.571. The summed E-state index contributed by atoms with van der Waals surface area (Å²) in [5.74, 6) is 0. The summed E-state index contributed by atoms with van der Waals surface area (Å²) in [6.07, 6.45) is 4.02. The molecular formula is C14H21ClN2. The minimum absolute atomic E-state index is 0.686. The molecule has 1 aromatic carbocycles. The maximum absolute atomic E-state index is 6.12. The van der Waals surface area contributed by atoms with Gasteiger partial charge in [-0.3, -0.25) is 0 Å². The summed E-state index contributed by atoms with van der Waals surface area (Å²) in [5.41, 5.74) is 1.19. The lowest BCUT2D eigenvalue weighted by atomic mass is 10.0. The maximum Gasteiger partial charge on any atom is 0.0450 e. The molecule has 1 aliphatic heterocycles. The van der Waals surface area contributed by atoms with Crippen molar-refractivity contribution in [3.63, 3.8) is 0 Å². The lowest BCUT2D eigenvalue weighted by Crippen LogP contribution is -2.42. The SMILES string of the molecule is CN1CCCCC1CNCc1ccccc1Cl. The Bertz CT molecular complexity index is 354. The fourth-order valence-electron chi connectivity index (χ4n) is 2.42. The van der Waals surface area contributed by atoms with Crippen LogP contribution in [0.4, 0.5) is 0 Å². The van der Waals surface area contributed by atoms with Crippen LogP contribution in [0.25, 0.3) is 0 Å². The van der Waals surface area contributed by atoms with Crippen molar-refractivity contribution in [3.05, 3.63) is 34.9 Å². The predicted molar refractivity (Wildman–Crippen MR) is 73.4 cm³/mol. The zero-order valence-electron chi connectivity index (χ0n) is 10.5. The van der Waals surface area contributed by atoms with Crippen molar-refractivity contribution in [2.75, 3.05) is 20.1 Å². The maximum atomic E-state index is 6.12. The molecule has 94 valence electrons. The Labute approximate surface area is 109 Å². The van der Waals surface area contributed by atoms with E-state index in [1.165, 1.54) is 31.4 Å². The van der Waals surface area contributed by atoms with Gasteiger partial charge in [0.1, 0.15) is 0 Å². The summed E-state index contributed by atoms with van der Waals surface area (Å²) in [6, 6.07) is 8.73. The second-order valence-electron chi connectivity index (χ2n) is 4.85. The van der Waals surface area contributed by atoms with Gasteiger partial charge in [-0.15, -0.1) is 0 Å². The Morgan fingerprint density at radius 2 is 2.18 bits per heavy atom. The third-order valence-electron chi connectivity index (χ3n) is 3.57. The molecule has 0 saturated carbocycles. The van der Waals surface area contributed by atoms with E-state index in [9.17, 15) is 0 Å². The fourth-order valence-corrected chi connectivity index (χ4v) is 2.62. The van der Waals surface area contributed by atoms with E-state index in [0.29, 0.717) is 6.04 Å². The van der Waals surface area contributed by atoms with Crippen LogP contribution in [0.2, 0.25) is 5.02 Å². The third-order valence-corrected chi connectivity index (χ3v) is 3.94. The molecule has 17 heavy (non-hydrogen) atoms. The van der Waals surface area contributed by atoms with E-state index in [4.69, 9.17) is 11.6 Å². The first kappa shape index (κ1) is 12.9. The van der Waals surface area contributed by atoms with Crippen LogP contribution in [0, 0.1) is 0 Å². The van der Waals surface area contributed by atoms with Crippen LogP contribution in [0.15, 0.2) is 24.3 Å². The van der Waals surface area contributed by atoms with Gasteiger partial charge in [0.2, 0.25) is 0 Å². The highest BCUT2D eigenvalue weighted by molar-refractivity contribution is 6.31. The standard InChI is InChI=1S/C14H21ClN2/c1-17-9-5-4-7-13(17)11-16-10-12-6-2-3-8-14(12)15/h2-3,6,8,13,16H,4-5,7,9-11H2,1H3. The second kappa shape index (κ2) is 6.39. The molecule has 0 bridgehead atoms. The molecule has 1 heterocycles. The average molecular weight is 253 g/mol. The van der Waals surface area contributed by atoms with Gasteiger partial charge in [0.25, 0.3) is 0 Å². The van der Waals surface area contributed by atoms with Crippen LogP contribution in [0.3, 0.4) is 0 Å². The Kier molecular flexibility index (Phi) is 4.84. The van der Waals surface area contributed by atoms with Gasteiger partial charge < -0.3 is 10.2 Å². The van der Waals surface area contributed by atoms with Gasteiger partial charge in [-0.05, 0) is 38.1 Å². The summed E-state index contributed by atoms with van der Waals surface area (Å²) in [4.78, 5) is 2.46. The van der Waals surface area contributed by atoms with Crippen LogP contribution >= 0.6 is 11.6 Å². The normalized spacial score (nSPS) is 21.6. The number of hydrogen-bond donors (Lipinski definition) is 1. The van der Waals surface area contributed by atoms with Gasteiger partial charge >= 0.3 is 0 Å². The number of halogens is 1. The summed E-state index contributed by atoms with van der Waals surface area (Å²) in [6.45, 7) is 3.16. The van der Waals surface area contributed by atoms with Gasteiger partial charge in [-0.1, -0.05) is 36.2 Å². The minimum atomic E-state index is 0.686. The molecule has 0 aromatic heterocycles. The van der Waals surface area contributed by atoms with Crippen LogP contribution in [0.1, 0.15) is 24.8 Å². The monoisotopic (exact) mass is 252 g/mol. The zero-order chi connectivity index (χ0) is 12.1. The van der Waals surface area contributed by atoms with Crippen molar-refractivity contribution in [2.24, 2.45) is 0 Å². The molecule has 1 fully saturated rings. The number of nitrogens with zero attached hydrogens (tertiary/aromatic N) is 1. The van der Waals surface area contributed by atoms with E-state index >= 15 is 0 Å². The van der Waals surface area contributed by atoms with E-state index in [1.54, 1.807) is 0 Å². The van der Waals surface area contributed by atoms with Crippen molar-refractivity contribution in [1.82, 2.24) is 10.2 Å². The van der Waals surface area contributed by atoms with Crippen molar-refractivity contribution in [3.8, 4) is 0 Å². The topological polar surface area (TPSA) is 15.3 Å². The number of hydrogen-bond acceptors (Lipinski definition) is 2. The largest absolute Gasteiger partial charge is 0.311 e. The Balaban J connectivity index is 1.77. The molecule has 1 aromatic rings. The molecule has 0 amide bonds. The number of piperidine rings is 1. The molecule has 1 atom stereocenters. The predicted octanol–water partition coefficient (Wildman–Crippen LogP) is 2.91. The zero-order valence-corrected chi connectivity index (χ0v) is 11.2. The smallest absolute Gasteiger partial charge is 0.0450 e. The van der Waals surface area contributed by atoms with Crippen molar-refractivity contribution >= 4 is 11.6 Å². The molecule has 0 aliphatic carbocycles. The number of nitrogens with one attached hydrogen (secondary N) is 1. The van der Waals surface area contributed by atoms with Crippen LogP contribution in [-0.2, 0) is 6.54 Å². The van der Waals surface area contributed by atoms with E-state index < -0.39 is 0 Å². The van der Waals surface area contributed by atoms with Crippen molar-refractivity contribution < 1.29 is 0 Å². The van der Waals surface area contributed by atoms with Gasteiger partial charge in [0.05, 0.1) is 0 Å². The lowest BCUT2D eigenvalue weighted by molar-refractivity contribution is 0.181. The highest BCUT2D eigenvalue weighted by atomic mass is 35.5. The molecule has 0 spiro atoms. The third kappa shape index (κ3) is 3.70. The Morgan fingerprint density at radius 3 is 2.94 bits per heavy atom. The molecule has 0 radical (unpaired) electrons. The first-order valence-electron chi connectivity index (χ1n) is 6.42. The molecular weight excluding hydrogens is 232 g/mol. The number of rotatable bonds is 4. The summed E-state index contributed by atoms with van der Waals surface area (Å²) in [7, 11) is 2.22. The Morgan fingerprint density at radius 1 is 1.35 bits per heavy atom. The minimum Gasteiger partial charge on any atom is -0.311 e. The van der Waals surface area contributed by atoms with Crippen LogP contribution < -0.4 is 5.32 Å². The van der Waals surface area contributed by atoms with E-state index in [1.807, 2.05) is 18.2 Å². The van der Waals surface area contributed by atoms with E-state index in [-0.39, 0.29) is 0 Å². The number of benzene rings is 1. The van der Waals surface area contributed by atoms with Crippen molar-refractivity contribution in [1.29, 1.82) is 0 Å². The van der Waals surface area contributed by atoms with Crippen molar-refractivity contribution in [2.45, 2.75) is 31.8 Å². The highest BCUT2D eigenvalue weighted by Gasteiger charge is 2.17. The molecule has 2 rings (SSSR count). The van der Waals surface area contributed by atoms with Crippen LogP contribution in [0.5, 0.6) is 0 Å². The van der Waals surface area contributed by atoms with Gasteiger partial charge in [0.15, 0.2) is 0 Å². The highest BCUT2D eigenvalue weighted by Crippen LogP contribution is 2.16. The number of likely N-dealkylation sites (tertiary alicyclic amines) is 1. The summed E-state index contributed by atoms with van der Waals surface area (Å²) >= 11 is 6.12. The van der Waals surface area contributed by atoms with E-state index in [0.717, 1.165) is 18.1 Å². The van der Waals surface area contributed by atoms with Crippen LogP contribution in [-0.4, -0.2) is 31.1 Å². The average Bonchev–Trinajstić information content (AvgIpc) is 2.34. The summed E-state index contributed by atoms with van der Waals surface area (Å²) in [5, 5.41) is 4.37. The Hall–Kier alpha value is -0.570. The second-order valence-corrected chi connectivity index (χ2v) is 5.26. The quantitative estimate of drug-likeness (QED) is 0.887. The molecule has 1 saturated heterocycles. The molecule has 1 aliphatic rings. The van der Waals surface area contributed by atoms with Gasteiger partial charge in [-0.25, -0.2) is 0 Å². The van der Waals surface area contributed by atoms with E-state index in [2.05, 4.69) is 23.3 Å².